The van der Waals surface area contributed by atoms with Crippen LogP contribution in [0.15, 0.2) is 54.6 Å². The van der Waals surface area contributed by atoms with Gasteiger partial charge in [0.05, 0.1) is 0 Å². The maximum absolute atomic E-state index is 13.1. The molecule has 0 spiro atoms. The van der Waals surface area contributed by atoms with E-state index in [2.05, 4.69) is 61.6 Å². The summed E-state index contributed by atoms with van der Waals surface area (Å²) >= 11 is 0. The summed E-state index contributed by atoms with van der Waals surface area (Å²) in [6.07, 6.45) is 18.3. The zero-order valence-corrected chi connectivity index (χ0v) is 17.3. The largest absolute Gasteiger partial charge is 0.241 e. The van der Waals surface area contributed by atoms with Crippen molar-refractivity contribution in [2.24, 2.45) is 17.3 Å². The van der Waals surface area contributed by atoms with E-state index < -0.39 is 6.43 Å². The summed E-state index contributed by atoms with van der Waals surface area (Å²) in [4.78, 5) is 0. The van der Waals surface area contributed by atoms with E-state index in [1.165, 1.54) is 37.7 Å². The van der Waals surface area contributed by atoms with Gasteiger partial charge in [-0.15, -0.1) is 0 Å². The highest BCUT2D eigenvalue weighted by molar-refractivity contribution is 5.34. The molecule has 1 saturated carbocycles. The molecule has 2 aliphatic carbocycles. The topological polar surface area (TPSA) is 0 Å². The highest BCUT2D eigenvalue weighted by atomic mass is 19.3. The van der Waals surface area contributed by atoms with E-state index in [0.717, 1.165) is 19.3 Å². The molecule has 0 aliphatic heterocycles. The molecule has 0 saturated heterocycles. The minimum Gasteiger partial charge on any atom is -0.210 e. The molecule has 0 aromatic heterocycles. The van der Waals surface area contributed by atoms with Gasteiger partial charge in [-0.25, -0.2) is 8.78 Å². The summed E-state index contributed by atoms with van der Waals surface area (Å²) in [6.45, 7) is 2.25. The smallest absolute Gasteiger partial charge is 0.210 e. The zero-order valence-electron chi connectivity index (χ0n) is 17.3. The van der Waals surface area contributed by atoms with Crippen molar-refractivity contribution in [3.05, 3.63) is 60.2 Å². The van der Waals surface area contributed by atoms with E-state index in [1.807, 2.05) is 0 Å². The van der Waals surface area contributed by atoms with E-state index in [9.17, 15) is 8.78 Å². The molecule has 0 radical (unpaired) electrons. The number of benzene rings is 1. The third-order valence-corrected chi connectivity index (χ3v) is 7.01. The van der Waals surface area contributed by atoms with E-state index in [-0.39, 0.29) is 11.3 Å². The maximum Gasteiger partial charge on any atom is 0.241 e. The van der Waals surface area contributed by atoms with Gasteiger partial charge in [-0.1, -0.05) is 93.7 Å². The Hall–Kier alpha value is -1.44. The number of alkyl halides is 2. The number of halogens is 2. The van der Waals surface area contributed by atoms with Gasteiger partial charge in [0.1, 0.15) is 0 Å². The molecule has 0 atom stereocenters. The molecule has 154 valence electrons. The molecule has 0 bridgehead atoms. The molecule has 0 amide bonds. The number of allylic oxidation sites excluding steroid dienone is 4. The fourth-order valence-corrected chi connectivity index (χ4v) is 5.17. The number of rotatable bonds is 9. The second kappa shape index (κ2) is 10.4. The minimum absolute atomic E-state index is 0.0740. The van der Waals surface area contributed by atoms with Crippen molar-refractivity contribution in [3.8, 4) is 0 Å². The second-order valence-electron chi connectivity index (χ2n) is 8.88. The monoisotopic (exact) mass is 386 g/mol. The van der Waals surface area contributed by atoms with Gasteiger partial charge in [0.2, 0.25) is 6.43 Å². The first-order valence-corrected chi connectivity index (χ1v) is 11.4. The van der Waals surface area contributed by atoms with Gasteiger partial charge < -0.3 is 0 Å². The Bertz CT molecular complexity index is 609. The van der Waals surface area contributed by atoms with Gasteiger partial charge in [0.25, 0.3) is 0 Å². The standard InChI is InChI=1S/C26H36F2/c1-2-3-4-5-9-18-26(24-14-12-23(13-15-24)25(27)28)19-16-22(17-20-26)21-10-7-6-8-11-21/h6-8,10-11,16-17,19-20,22-25H,2-5,9,12-15,18H2,1H3/t22?,23-,24-,26?. The van der Waals surface area contributed by atoms with E-state index >= 15 is 0 Å². The Morgan fingerprint density at radius 3 is 2.14 bits per heavy atom. The molecular weight excluding hydrogens is 350 g/mol. The average Bonchev–Trinajstić information content (AvgIpc) is 2.75. The van der Waals surface area contributed by atoms with Crippen LogP contribution in [0.3, 0.4) is 0 Å². The fraction of sp³-hybridized carbons (Fsp3) is 0.615. The van der Waals surface area contributed by atoms with Crippen molar-refractivity contribution in [1.82, 2.24) is 0 Å². The van der Waals surface area contributed by atoms with Crippen LogP contribution in [0.1, 0.15) is 82.6 Å². The predicted octanol–water partition coefficient (Wildman–Crippen LogP) is 8.31. The van der Waals surface area contributed by atoms with Crippen LogP contribution in [-0.2, 0) is 0 Å². The lowest BCUT2D eigenvalue weighted by Crippen LogP contribution is -2.33. The van der Waals surface area contributed by atoms with Crippen LogP contribution in [0.2, 0.25) is 0 Å². The highest BCUT2D eigenvalue weighted by Gasteiger charge is 2.39. The van der Waals surface area contributed by atoms with Crippen molar-refractivity contribution in [3.63, 3.8) is 0 Å². The van der Waals surface area contributed by atoms with Crippen LogP contribution >= 0.6 is 0 Å². The number of hydrogen-bond acceptors (Lipinski definition) is 0. The molecule has 0 heterocycles. The van der Waals surface area contributed by atoms with Crippen LogP contribution in [-0.4, -0.2) is 6.43 Å². The lowest BCUT2D eigenvalue weighted by atomic mass is 9.62. The maximum atomic E-state index is 13.1. The van der Waals surface area contributed by atoms with Crippen LogP contribution in [0.4, 0.5) is 8.78 Å². The molecule has 28 heavy (non-hydrogen) atoms. The van der Waals surface area contributed by atoms with Crippen molar-refractivity contribution >= 4 is 0 Å². The fourth-order valence-electron chi connectivity index (χ4n) is 5.17. The zero-order chi connectivity index (χ0) is 19.8. The highest BCUT2D eigenvalue weighted by Crippen LogP contribution is 2.49. The van der Waals surface area contributed by atoms with E-state index in [4.69, 9.17) is 0 Å². The Morgan fingerprint density at radius 1 is 0.893 bits per heavy atom. The first kappa shape index (κ1) is 21.3. The van der Waals surface area contributed by atoms with E-state index in [1.54, 1.807) is 0 Å². The van der Waals surface area contributed by atoms with Crippen LogP contribution in [0, 0.1) is 17.3 Å². The predicted molar refractivity (Wildman–Crippen MR) is 115 cm³/mol. The Labute approximate surface area is 170 Å². The summed E-state index contributed by atoms with van der Waals surface area (Å²) in [5.41, 5.74) is 1.40. The lowest BCUT2D eigenvalue weighted by molar-refractivity contribution is 0.0344. The Balaban J connectivity index is 1.68. The summed E-state index contributed by atoms with van der Waals surface area (Å²) in [6, 6.07) is 10.6. The summed E-state index contributed by atoms with van der Waals surface area (Å²) in [7, 11) is 0. The van der Waals surface area contributed by atoms with Crippen LogP contribution in [0.5, 0.6) is 0 Å². The molecule has 1 aromatic carbocycles. The minimum atomic E-state index is -2.15. The first-order chi connectivity index (χ1) is 13.6. The van der Waals surface area contributed by atoms with Gasteiger partial charge in [-0.3, -0.25) is 0 Å². The lowest BCUT2D eigenvalue weighted by Gasteiger charge is -2.42. The third-order valence-electron chi connectivity index (χ3n) is 7.01. The Kier molecular flexibility index (Phi) is 7.88. The molecule has 0 N–H and O–H groups in total. The van der Waals surface area contributed by atoms with Gasteiger partial charge in [-0.05, 0) is 43.6 Å². The Morgan fingerprint density at radius 2 is 1.54 bits per heavy atom. The van der Waals surface area contributed by atoms with Gasteiger partial charge >= 0.3 is 0 Å². The summed E-state index contributed by atoms with van der Waals surface area (Å²) in [5, 5.41) is 0. The molecule has 1 fully saturated rings. The quantitative estimate of drug-likeness (QED) is 0.296. The summed E-state index contributed by atoms with van der Waals surface area (Å²) in [5.74, 6) is 0.469. The van der Waals surface area contributed by atoms with Crippen molar-refractivity contribution in [1.29, 1.82) is 0 Å². The first-order valence-electron chi connectivity index (χ1n) is 11.4. The number of hydrogen-bond donors (Lipinski definition) is 0. The molecule has 2 heteroatoms. The van der Waals surface area contributed by atoms with Gasteiger partial charge in [0.15, 0.2) is 0 Å². The third kappa shape index (κ3) is 5.33. The van der Waals surface area contributed by atoms with Crippen LogP contribution < -0.4 is 0 Å². The van der Waals surface area contributed by atoms with Gasteiger partial charge in [0, 0.05) is 17.3 Å². The molecule has 1 aromatic rings. The average molecular weight is 387 g/mol. The van der Waals surface area contributed by atoms with E-state index in [0.29, 0.717) is 24.7 Å². The van der Waals surface area contributed by atoms with Crippen molar-refractivity contribution < 1.29 is 8.78 Å². The van der Waals surface area contributed by atoms with Gasteiger partial charge in [-0.2, -0.15) is 0 Å². The molecular formula is C26H36F2. The molecule has 2 aliphatic rings. The number of unbranched alkanes of at least 4 members (excludes halogenated alkanes) is 4. The molecule has 3 rings (SSSR count). The normalized spacial score (nSPS) is 30.1. The molecule has 0 nitrogen and oxygen atoms in total. The van der Waals surface area contributed by atoms with Crippen LogP contribution in [0.25, 0.3) is 0 Å². The SMILES string of the molecule is CCCCCCCC1([C@H]2CC[C@H](C(F)F)CC2)C=CC(c2ccccc2)C=C1. The summed E-state index contributed by atoms with van der Waals surface area (Å²) < 4.78 is 26.2. The second-order valence-corrected chi connectivity index (χ2v) is 8.88. The van der Waals surface area contributed by atoms with Crippen molar-refractivity contribution in [2.45, 2.75) is 83.5 Å². The molecule has 0 unspecified atom stereocenters. The van der Waals surface area contributed by atoms with Crippen molar-refractivity contribution in [2.75, 3.05) is 0 Å².